The summed E-state index contributed by atoms with van der Waals surface area (Å²) < 4.78 is 19.4. The Morgan fingerprint density at radius 1 is 1.42 bits per heavy atom. The second kappa shape index (κ2) is 6.03. The van der Waals surface area contributed by atoms with Crippen molar-refractivity contribution in [2.24, 2.45) is 0 Å². The summed E-state index contributed by atoms with van der Waals surface area (Å²) >= 11 is 4.96. The largest absolute Gasteiger partial charge is 0.494 e. The van der Waals surface area contributed by atoms with E-state index in [2.05, 4.69) is 15.9 Å². The van der Waals surface area contributed by atoms with E-state index in [1.165, 1.54) is 24.5 Å². The molecule has 102 valence electrons. The van der Waals surface area contributed by atoms with Crippen LogP contribution in [0.4, 0.5) is 4.39 Å². The number of hydrogen-bond acceptors (Lipinski definition) is 3. The molecule has 1 aromatic carbocycles. The number of aryl methyl sites for hydroxylation is 1. The highest BCUT2D eigenvalue weighted by Crippen LogP contribution is 2.32. The second-order valence-corrected chi connectivity index (χ2v) is 6.38. The van der Waals surface area contributed by atoms with Crippen molar-refractivity contribution in [3.8, 4) is 5.75 Å². The lowest BCUT2D eigenvalue weighted by Crippen LogP contribution is -2.00. The Morgan fingerprint density at radius 2 is 2.16 bits per heavy atom. The molecule has 1 atom stereocenters. The summed E-state index contributed by atoms with van der Waals surface area (Å²) in [5, 5.41) is 10.2. The average molecular weight is 345 g/mol. The van der Waals surface area contributed by atoms with Crippen molar-refractivity contribution in [3.63, 3.8) is 0 Å². The quantitative estimate of drug-likeness (QED) is 0.898. The van der Waals surface area contributed by atoms with E-state index in [0.29, 0.717) is 6.42 Å². The van der Waals surface area contributed by atoms with Gasteiger partial charge in [0.25, 0.3) is 0 Å². The van der Waals surface area contributed by atoms with E-state index in [-0.39, 0.29) is 5.75 Å². The van der Waals surface area contributed by atoms with Crippen molar-refractivity contribution in [3.05, 3.63) is 49.9 Å². The van der Waals surface area contributed by atoms with Crippen LogP contribution in [0.1, 0.15) is 21.4 Å². The first kappa shape index (κ1) is 14.5. The molecule has 2 nitrogen and oxygen atoms in total. The first-order valence-corrected chi connectivity index (χ1v) is 7.38. The van der Waals surface area contributed by atoms with Gasteiger partial charge in [0, 0.05) is 20.6 Å². The summed E-state index contributed by atoms with van der Waals surface area (Å²) in [4.78, 5) is 2.00. The predicted octanol–water partition coefficient (Wildman–Crippen LogP) is 4.24. The monoisotopic (exact) mass is 344 g/mol. The average Bonchev–Trinajstić information content (AvgIpc) is 2.70. The number of aliphatic hydroxyl groups excluding tert-OH is 1. The summed E-state index contributed by atoms with van der Waals surface area (Å²) in [7, 11) is 1.43. The number of hydrogen-bond donors (Lipinski definition) is 1. The summed E-state index contributed by atoms with van der Waals surface area (Å²) in [6.45, 7) is 1.98. The van der Waals surface area contributed by atoms with Crippen molar-refractivity contribution in [1.29, 1.82) is 0 Å². The van der Waals surface area contributed by atoms with Crippen LogP contribution in [0.3, 0.4) is 0 Å². The summed E-state index contributed by atoms with van der Waals surface area (Å²) in [6, 6.07) is 6.65. The van der Waals surface area contributed by atoms with Gasteiger partial charge in [0.05, 0.1) is 13.2 Å². The molecular weight excluding hydrogens is 331 g/mol. The second-order valence-electron chi connectivity index (χ2n) is 4.24. The smallest absolute Gasteiger partial charge is 0.165 e. The molecule has 1 N–H and O–H groups in total. The molecule has 0 aliphatic heterocycles. The molecule has 5 heteroatoms. The Bertz CT molecular complexity index is 563. The molecule has 1 aromatic heterocycles. The van der Waals surface area contributed by atoms with Crippen LogP contribution in [0.15, 0.2) is 28.7 Å². The molecule has 0 aliphatic carbocycles. The molecule has 2 aromatic rings. The molecule has 0 saturated heterocycles. The molecule has 1 unspecified atom stereocenters. The summed E-state index contributed by atoms with van der Waals surface area (Å²) in [6.07, 6.45) is -0.240. The van der Waals surface area contributed by atoms with Crippen LogP contribution < -0.4 is 4.74 Å². The van der Waals surface area contributed by atoms with Crippen LogP contribution in [-0.4, -0.2) is 12.2 Å². The fraction of sp³-hybridized carbons (Fsp3) is 0.286. The Morgan fingerprint density at radius 3 is 2.68 bits per heavy atom. The first-order valence-electron chi connectivity index (χ1n) is 5.77. The van der Waals surface area contributed by atoms with Gasteiger partial charge in [-0.15, -0.1) is 11.3 Å². The summed E-state index contributed by atoms with van der Waals surface area (Å²) in [5.41, 5.74) is 0.743. The number of ether oxygens (including phenoxy) is 1. The molecule has 0 bridgehead atoms. The highest BCUT2D eigenvalue weighted by molar-refractivity contribution is 9.10. The van der Waals surface area contributed by atoms with Crippen molar-refractivity contribution < 1.29 is 14.2 Å². The molecule has 0 fully saturated rings. The fourth-order valence-electron chi connectivity index (χ4n) is 1.81. The minimum atomic E-state index is -0.622. The maximum absolute atomic E-state index is 13.6. The van der Waals surface area contributed by atoms with Gasteiger partial charge in [-0.1, -0.05) is 6.07 Å². The van der Waals surface area contributed by atoms with E-state index in [9.17, 15) is 9.50 Å². The van der Waals surface area contributed by atoms with Crippen LogP contribution in [-0.2, 0) is 6.42 Å². The molecule has 0 radical (unpaired) electrons. The van der Waals surface area contributed by atoms with Crippen LogP contribution in [0.5, 0.6) is 5.75 Å². The van der Waals surface area contributed by atoms with Crippen molar-refractivity contribution >= 4 is 27.3 Å². The SMILES string of the molecule is COc1ccc(CC(O)c2cc(Br)c(C)s2)cc1F. The van der Waals surface area contributed by atoms with Crippen LogP contribution in [0.2, 0.25) is 0 Å². The third-order valence-corrected chi connectivity index (χ3v) is 5.09. The van der Waals surface area contributed by atoms with Gasteiger partial charge in [0.1, 0.15) is 0 Å². The van der Waals surface area contributed by atoms with Crippen LogP contribution in [0.25, 0.3) is 0 Å². The van der Waals surface area contributed by atoms with Gasteiger partial charge >= 0.3 is 0 Å². The number of rotatable bonds is 4. The Hall–Kier alpha value is -0.910. The summed E-state index contributed by atoms with van der Waals surface area (Å²) in [5.74, 6) is -0.191. The standard InChI is InChI=1S/C14H14BrFO2S/c1-8-10(15)7-14(19-8)12(17)6-9-3-4-13(18-2)11(16)5-9/h3-5,7,12,17H,6H2,1-2H3. The molecule has 2 rings (SSSR count). The molecule has 0 amide bonds. The zero-order valence-electron chi connectivity index (χ0n) is 10.6. The van der Waals surface area contributed by atoms with E-state index < -0.39 is 11.9 Å². The van der Waals surface area contributed by atoms with E-state index in [4.69, 9.17) is 4.74 Å². The lowest BCUT2D eigenvalue weighted by atomic mass is 10.1. The maximum Gasteiger partial charge on any atom is 0.165 e. The number of halogens is 2. The third-order valence-electron chi connectivity index (χ3n) is 2.85. The van der Waals surface area contributed by atoms with Gasteiger partial charge in [0.15, 0.2) is 11.6 Å². The van der Waals surface area contributed by atoms with Crippen LogP contribution in [0, 0.1) is 12.7 Å². The van der Waals surface area contributed by atoms with Gasteiger partial charge in [-0.05, 0) is 46.6 Å². The fourth-order valence-corrected chi connectivity index (χ4v) is 3.35. The van der Waals surface area contributed by atoms with Crippen molar-refractivity contribution in [2.75, 3.05) is 7.11 Å². The van der Waals surface area contributed by atoms with Crippen molar-refractivity contribution in [2.45, 2.75) is 19.4 Å². The minimum absolute atomic E-state index is 0.216. The highest BCUT2D eigenvalue weighted by Gasteiger charge is 2.14. The maximum atomic E-state index is 13.6. The normalized spacial score (nSPS) is 12.5. The van der Waals surface area contributed by atoms with Crippen molar-refractivity contribution in [1.82, 2.24) is 0 Å². The Balaban J connectivity index is 2.14. The topological polar surface area (TPSA) is 29.5 Å². The molecule has 1 heterocycles. The third kappa shape index (κ3) is 3.35. The Labute approximate surface area is 124 Å². The Kier molecular flexibility index (Phi) is 4.60. The van der Waals surface area contributed by atoms with E-state index >= 15 is 0 Å². The molecule has 0 aliphatic rings. The van der Waals surface area contributed by atoms with Gasteiger partial charge in [-0.25, -0.2) is 4.39 Å². The highest BCUT2D eigenvalue weighted by atomic mass is 79.9. The number of benzene rings is 1. The van der Waals surface area contributed by atoms with Gasteiger partial charge < -0.3 is 9.84 Å². The zero-order valence-corrected chi connectivity index (χ0v) is 13.0. The van der Waals surface area contributed by atoms with Gasteiger partial charge in [0.2, 0.25) is 0 Å². The van der Waals surface area contributed by atoms with Gasteiger partial charge in [-0.3, -0.25) is 0 Å². The minimum Gasteiger partial charge on any atom is -0.494 e. The van der Waals surface area contributed by atoms with E-state index in [1.54, 1.807) is 12.1 Å². The number of methoxy groups -OCH3 is 1. The first-order chi connectivity index (χ1) is 9.01. The predicted molar refractivity (Wildman–Crippen MR) is 78.4 cm³/mol. The molecule has 19 heavy (non-hydrogen) atoms. The van der Waals surface area contributed by atoms with E-state index in [0.717, 1.165) is 19.8 Å². The van der Waals surface area contributed by atoms with Gasteiger partial charge in [-0.2, -0.15) is 0 Å². The molecule has 0 spiro atoms. The lowest BCUT2D eigenvalue weighted by Gasteiger charge is -2.09. The van der Waals surface area contributed by atoms with E-state index in [1.807, 2.05) is 13.0 Å². The van der Waals surface area contributed by atoms with Crippen LogP contribution >= 0.6 is 27.3 Å². The zero-order chi connectivity index (χ0) is 14.0. The molecule has 0 saturated carbocycles. The lowest BCUT2D eigenvalue weighted by molar-refractivity contribution is 0.182. The molecular formula is C14H14BrFO2S. The number of aliphatic hydroxyl groups is 1. The number of thiophene rings is 1.